The predicted octanol–water partition coefficient (Wildman–Crippen LogP) is 2.88. The van der Waals surface area contributed by atoms with Crippen molar-refractivity contribution < 1.29 is 18.8 Å². The van der Waals surface area contributed by atoms with Crippen LogP contribution in [0.2, 0.25) is 0 Å². The normalized spacial score (nSPS) is 17.3. The first kappa shape index (κ1) is 20.5. The molecule has 0 aliphatic carbocycles. The summed E-state index contributed by atoms with van der Waals surface area (Å²) in [5, 5.41) is 3.06. The van der Waals surface area contributed by atoms with E-state index in [4.69, 9.17) is 9.15 Å². The topological polar surface area (TPSA) is 55.9 Å². The highest BCUT2D eigenvalue weighted by Gasteiger charge is 2.30. The second-order valence-electron chi connectivity index (χ2n) is 8.71. The summed E-state index contributed by atoms with van der Waals surface area (Å²) in [6, 6.07) is 12.0. The second-order valence-corrected chi connectivity index (χ2v) is 8.71. The quantitative estimate of drug-likeness (QED) is 0.771. The first-order valence-corrected chi connectivity index (χ1v) is 10.3. The number of benzene rings is 1. The average molecular weight is 386 g/mol. The second kappa shape index (κ2) is 8.82. The van der Waals surface area contributed by atoms with Gasteiger partial charge in [-0.1, -0.05) is 32.9 Å². The van der Waals surface area contributed by atoms with Crippen LogP contribution in [0.15, 0.2) is 47.1 Å². The van der Waals surface area contributed by atoms with Crippen molar-refractivity contribution in [1.29, 1.82) is 0 Å². The average Bonchev–Trinajstić information content (AvgIpc) is 3.36. The minimum Gasteiger partial charge on any atom is -0.481 e. The maximum absolute atomic E-state index is 12.6. The van der Waals surface area contributed by atoms with Crippen molar-refractivity contribution in [2.24, 2.45) is 0 Å². The van der Waals surface area contributed by atoms with Gasteiger partial charge in [-0.25, -0.2) is 0 Å². The van der Waals surface area contributed by atoms with E-state index in [0.29, 0.717) is 12.3 Å². The van der Waals surface area contributed by atoms with Gasteiger partial charge in [0.25, 0.3) is 5.91 Å². The van der Waals surface area contributed by atoms with Crippen molar-refractivity contribution in [3.8, 4) is 5.75 Å². The molecule has 1 fully saturated rings. The number of ether oxygens (including phenoxy) is 1. The Morgan fingerprint density at radius 1 is 1.18 bits per heavy atom. The lowest BCUT2D eigenvalue weighted by Crippen LogP contribution is -3.11. The molecule has 2 atom stereocenters. The van der Waals surface area contributed by atoms with Crippen molar-refractivity contribution in [2.75, 3.05) is 19.6 Å². The molecule has 1 saturated heterocycles. The van der Waals surface area contributed by atoms with E-state index in [1.165, 1.54) is 23.3 Å². The Kier molecular flexibility index (Phi) is 6.45. The van der Waals surface area contributed by atoms with Crippen molar-refractivity contribution in [3.63, 3.8) is 0 Å². The summed E-state index contributed by atoms with van der Waals surface area (Å²) in [6.45, 7) is 11.1. The number of quaternary nitrogens is 1. The van der Waals surface area contributed by atoms with Crippen molar-refractivity contribution in [3.05, 3.63) is 54.0 Å². The molecule has 28 heavy (non-hydrogen) atoms. The maximum Gasteiger partial charge on any atom is 0.261 e. The number of amides is 1. The van der Waals surface area contributed by atoms with Crippen LogP contribution in [-0.4, -0.2) is 31.6 Å². The van der Waals surface area contributed by atoms with Gasteiger partial charge in [0, 0.05) is 12.8 Å². The van der Waals surface area contributed by atoms with Crippen LogP contribution in [0.1, 0.15) is 57.9 Å². The lowest BCUT2D eigenvalue weighted by atomic mass is 9.87. The summed E-state index contributed by atoms with van der Waals surface area (Å²) >= 11 is 0. The number of nitrogens with one attached hydrogen (secondary N) is 2. The van der Waals surface area contributed by atoms with Crippen LogP contribution in [0, 0.1) is 0 Å². The molecule has 5 heteroatoms. The molecule has 2 N–H and O–H groups in total. The van der Waals surface area contributed by atoms with E-state index in [1.54, 1.807) is 13.2 Å². The number of furan rings is 1. The number of rotatable bonds is 7. The van der Waals surface area contributed by atoms with E-state index in [0.717, 1.165) is 18.8 Å². The largest absolute Gasteiger partial charge is 0.481 e. The molecular weight excluding hydrogens is 352 g/mol. The maximum atomic E-state index is 12.6. The molecule has 1 amide bonds. The van der Waals surface area contributed by atoms with Gasteiger partial charge in [-0.05, 0) is 42.2 Å². The van der Waals surface area contributed by atoms with Gasteiger partial charge in [-0.2, -0.15) is 0 Å². The summed E-state index contributed by atoms with van der Waals surface area (Å²) in [5.41, 5.74) is 1.34. The Labute approximate surface area is 168 Å². The molecule has 2 aromatic rings. The summed E-state index contributed by atoms with van der Waals surface area (Å²) in [7, 11) is 0. The zero-order valence-corrected chi connectivity index (χ0v) is 17.5. The van der Waals surface area contributed by atoms with Gasteiger partial charge >= 0.3 is 0 Å². The Hall–Kier alpha value is -2.27. The molecule has 0 spiro atoms. The Morgan fingerprint density at radius 2 is 1.86 bits per heavy atom. The van der Waals surface area contributed by atoms with Crippen LogP contribution in [0.25, 0.3) is 0 Å². The van der Waals surface area contributed by atoms with Crippen LogP contribution >= 0.6 is 0 Å². The molecule has 0 unspecified atom stereocenters. The molecule has 1 aromatic heterocycles. The molecule has 152 valence electrons. The summed E-state index contributed by atoms with van der Waals surface area (Å²) in [6.07, 6.45) is 3.60. The Morgan fingerprint density at radius 3 is 2.43 bits per heavy atom. The molecule has 2 heterocycles. The number of carbonyl (C=O) groups is 1. The lowest BCUT2D eigenvalue weighted by Gasteiger charge is -2.24. The van der Waals surface area contributed by atoms with Crippen molar-refractivity contribution >= 4 is 5.91 Å². The third-order valence-electron chi connectivity index (χ3n) is 5.51. The zero-order chi connectivity index (χ0) is 20.1. The van der Waals surface area contributed by atoms with Gasteiger partial charge in [0.2, 0.25) is 0 Å². The van der Waals surface area contributed by atoms with E-state index in [-0.39, 0.29) is 17.4 Å². The Bertz CT molecular complexity index is 741. The third kappa shape index (κ3) is 5.16. The summed E-state index contributed by atoms with van der Waals surface area (Å²) in [4.78, 5) is 14.1. The van der Waals surface area contributed by atoms with Gasteiger partial charge in [0.15, 0.2) is 17.9 Å². The number of carbonyl (C=O) groups excluding carboxylic acids is 1. The summed E-state index contributed by atoms with van der Waals surface area (Å²) in [5.74, 6) is 1.54. The fourth-order valence-corrected chi connectivity index (χ4v) is 3.75. The molecule has 0 bridgehead atoms. The van der Waals surface area contributed by atoms with E-state index in [2.05, 4.69) is 38.2 Å². The smallest absolute Gasteiger partial charge is 0.261 e. The molecule has 0 saturated carbocycles. The fourth-order valence-electron chi connectivity index (χ4n) is 3.75. The number of hydrogen-bond acceptors (Lipinski definition) is 3. The van der Waals surface area contributed by atoms with Gasteiger partial charge in [0.1, 0.15) is 5.75 Å². The Balaban J connectivity index is 1.55. The third-order valence-corrected chi connectivity index (χ3v) is 5.51. The monoisotopic (exact) mass is 385 g/mol. The predicted molar refractivity (Wildman–Crippen MR) is 110 cm³/mol. The highest BCUT2D eigenvalue weighted by molar-refractivity contribution is 5.80. The highest BCUT2D eigenvalue weighted by Crippen LogP contribution is 2.24. The highest BCUT2D eigenvalue weighted by atomic mass is 16.5. The molecule has 3 rings (SSSR count). The van der Waals surface area contributed by atoms with Crippen LogP contribution in [0.4, 0.5) is 0 Å². The zero-order valence-electron chi connectivity index (χ0n) is 17.5. The van der Waals surface area contributed by atoms with E-state index >= 15 is 0 Å². The van der Waals surface area contributed by atoms with Gasteiger partial charge in [-0.15, -0.1) is 0 Å². The SMILES string of the molecule is C[C@@H](Oc1ccc(C(C)(C)C)cc1)C(=O)NC[C@@H](c1ccco1)[NH+]1CCCC1. The molecule has 1 aliphatic heterocycles. The van der Waals surface area contributed by atoms with Crippen LogP contribution in [-0.2, 0) is 10.2 Å². The summed E-state index contributed by atoms with van der Waals surface area (Å²) < 4.78 is 11.5. The van der Waals surface area contributed by atoms with Crippen LogP contribution in [0.3, 0.4) is 0 Å². The molecule has 5 nitrogen and oxygen atoms in total. The molecular formula is C23H33N2O3+. The first-order chi connectivity index (χ1) is 13.3. The molecule has 1 aromatic carbocycles. The van der Waals surface area contributed by atoms with Crippen LogP contribution < -0.4 is 15.0 Å². The molecule has 1 aliphatic rings. The van der Waals surface area contributed by atoms with Gasteiger partial charge < -0.3 is 19.4 Å². The van der Waals surface area contributed by atoms with E-state index < -0.39 is 6.10 Å². The fraction of sp³-hybridized carbons (Fsp3) is 0.522. The van der Waals surface area contributed by atoms with Crippen molar-refractivity contribution in [2.45, 2.75) is 58.1 Å². The standard InChI is InChI=1S/C23H32N2O3/c1-17(28-19-11-9-18(10-12-19)23(2,3)4)22(26)24-16-20(21-8-7-15-27-21)25-13-5-6-14-25/h7-12,15,17,20H,5-6,13-14,16H2,1-4H3,(H,24,26)/p+1/t17-,20+/m1/s1. The molecule has 0 radical (unpaired) electrons. The lowest BCUT2D eigenvalue weighted by molar-refractivity contribution is -0.919. The van der Waals surface area contributed by atoms with Crippen molar-refractivity contribution in [1.82, 2.24) is 5.32 Å². The first-order valence-electron chi connectivity index (χ1n) is 10.3. The minimum absolute atomic E-state index is 0.0975. The number of likely N-dealkylation sites (tertiary alicyclic amines) is 1. The van der Waals surface area contributed by atoms with Gasteiger partial charge in [-0.3, -0.25) is 4.79 Å². The van der Waals surface area contributed by atoms with Crippen LogP contribution in [0.5, 0.6) is 5.75 Å². The minimum atomic E-state index is -0.550. The van der Waals surface area contributed by atoms with Gasteiger partial charge in [0.05, 0.1) is 25.9 Å². The van der Waals surface area contributed by atoms with E-state index in [9.17, 15) is 4.79 Å². The van der Waals surface area contributed by atoms with E-state index in [1.807, 2.05) is 24.3 Å². The number of hydrogen-bond donors (Lipinski definition) is 2.